The Morgan fingerprint density at radius 2 is 0.848 bits per heavy atom. The highest BCUT2D eigenvalue weighted by Gasteiger charge is 2.04. The molecule has 0 unspecified atom stereocenters. The van der Waals surface area contributed by atoms with Crippen LogP contribution in [0.25, 0.3) is 0 Å². The van der Waals surface area contributed by atoms with Crippen LogP contribution in [0.15, 0.2) is 30.3 Å². The van der Waals surface area contributed by atoms with Crippen molar-refractivity contribution in [1.29, 1.82) is 0 Å². The standard InChI is InChI=1S/C23H38O10/c24-6-7-26-8-9-27-10-11-28-12-13-29-14-15-30-16-17-31-18-19-32-20-21-33-23(25)22-4-2-1-3-5-22/h1-5,24H,6-21H2. The molecule has 0 atom stereocenters. The van der Waals surface area contributed by atoms with Crippen LogP contribution >= 0.6 is 0 Å². The van der Waals surface area contributed by atoms with E-state index in [-0.39, 0.29) is 19.2 Å². The Labute approximate surface area is 195 Å². The number of benzene rings is 1. The summed E-state index contributed by atoms with van der Waals surface area (Å²) in [4.78, 5) is 11.7. The van der Waals surface area contributed by atoms with Crippen LogP contribution in [0.5, 0.6) is 0 Å². The molecule has 0 saturated heterocycles. The van der Waals surface area contributed by atoms with Gasteiger partial charge in [-0.05, 0) is 12.1 Å². The van der Waals surface area contributed by atoms with Crippen molar-refractivity contribution in [3.05, 3.63) is 35.9 Å². The van der Waals surface area contributed by atoms with Crippen molar-refractivity contribution in [2.75, 3.05) is 106 Å². The lowest BCUT2D eigenvalue weighted by molar-refractivity contribution is -0.0230. The van der Waals surface area contributed by atoms with Crippen LogP contribution in [-0.4, -0.2) is 117 Å². The van der Waals surface area contributed by atoms with E-state index < -0.39 is 0 Å². The third kappa shape index (κ3) is 19.5. The van der Waals surface area contributed by atoms with E-state index in [0.717, 1.165) is 0 Å². The number of carbonyl (C=O) groups is 1. The van der Waals surface area contributed by atoms with Gasteiger partial charge in [0.2, 0.25) is 0 Å². The van der Waals surface area contributed by atoms with E-state index in [1.165, 1.54) is 0 Å². The van der Waals surface area contributed by atoms with Crippen molar-refractivity contribution in [3.8, 4) is 0 Å². The highest BCUT2D eigenvalue weighted by Crippen LogP contribution is 2.00. The number of esters is 1. The van der Waals surface area contributed by atoms with Crippen molar-refractivity contribution in [3.63, 3.8) is 0 Å². The number of hydrogen-bond acceptors (Lipinski definition) is 10. The van der Waals surface area contributed by atoms with E-state index in [2.05, 4.69) is 0 Å². The number of hydrogen-bond donors (Lipinski definition) is 1. The van der Waals surface area contributed by atoms with Gasteiger partial charge in [-0.15, -0.1) is 0 Å². The van der Waals surface area contributed by atoms with Gasteiger partial charge in [0, 0.05) is 0 Å². The molecule has 1 aromatic rings. The first-order valence-electron chi connectivity index (χ1n) is 11.2. The Bertz CT molecular complexity index is 543. The molecule has 0 saturated carbocycles. The van der Waals surface area contributed by atoms with Gasteiger partial charge in [-0.3, -0.25) is 0 Å². The van der Waals surface area contributed by atoms with Crippen molar-refractivity contribution in [2.45, 2.75) is 0 Å². The molecular weight excluding hydrogens is 436 g/mol. The lowest BCUT2D eigenvalue weighted by Crippen LogP contribution is -2.15. The van der Waals surface area contributed by atoms with E-state index >= 15 is 0 Å². The molecule has 0 fully saturated rings. The fourth-order valence-corrected chi connectivity index (χ4v) is 2.34. The second-order valence-corrected chi connectivity index (χ2v) is 6.51. The monoisotopic (exact) mass is 474 g/mol. The highest BCUT2D eigenvalue weighted by atomic mass is 16.6. The van der Waals surface area contributed by atoms with E-state index in [1.807, 2.05) is 6.07 Å². The molecule has 0 radical (unpaired) electrons. The molecule has 10 heteroatoms. The van der Waals surface area contributed by atoms with Crippen LogP contribution in [-0.2, 0) is 37.9 Å². The zero-order valence-electron chi connectivity index (χ0n) is 19.3. The second kappa shape index (κ2) is 23.5. The number of rotatable bonds is 24. The fourth-order valence-electron chi connectivity index (χ4n) is 2.34. The molecule has 0 aromatic heterocycles. The molecule has 1 rings (SSSR count). The summed E-state index contributed by atoms with van der Waals surface area (Å²) >= 11 is 0. The quantitative estimate of drug-likeness (QED) is 0.172. The van der Waals surface area contributed by atoms with Gasteiger partial charge in [0.05, 0.1) is 105 Å². The van der Waals surface area contributed by atoms with Crippen LogP contribution in [0, 0.1) is 0 Å². The van der Waals surface area contributed by atoms with Gasteiger partial charge in [-0.2, -0.15) is 0 Å². The van der Waals surface area contributed by atoms with Crippen molar-refractivity contribution >= 4 is 5.97 Å². The molecule has 10 nitrogen and oxygen atoms in total. The molecule has 0 aliphatic rings. The topological polar surface area (TPSA) is 111 Å². The maximum Gasteiger partial charge on any atom is 0.338 e. The summed E-state index contributed by atoms with van der Waals surface area (Å²) in [6.07, 6.45) is 0. The number of carbonyl (C=O) groups excluding carboxylic acids is 1. The van der Waals surface area contributed by atoms with Gasteiger partial charge in [0.25, 0.3) is 0 Å². The zero-order valence-corrected chi connectivity index (χ0v) is 19.3. The first-order valence-corrected chi connectivity index (χ1v) is 11.2. The van der Waals surface area contributed by atoms with Gasteiger partial charge in [-0.1, -0.05) is 18.2 Å². The van der Waals surface area contributed by atoms with E-state index in [9.17, 15) is 4.79 Å². The molecule has 0 aliphatic heterocycles. The van der Waals surface area contributed by atoms with E-state index in [1.54, 1.807) is 24.3 Å². The highest BCUT2D eigenvalue weighted by molar-refractivity contribution is 5.89. The Kier molecular flexibility index (Phi) is 21.0. The molecule has 0 aliphatic carbocycles. The average molecular weight is 475 g/mol. The first kappa shape index (κ1) is 29.4. The summed E-state index contributed by atoms with van der Waals surface area (Å²) in [5.74, 6) is -0.355. The largest absolute Gasteiger partial charge is 0.460 e. The SMILES string of the molecule is O=C(OCCOCCOCCOCCOCCOCCOCCOCCO)c1ccccc1. The Hall–Kier alpha value is -1.63. The van der Waals surface area contributed by atoms with E-state index in [4.69, 9.17) is 43.0 Å². The van der Waals surface area contributed by atoms with E-state index in [0.29, 0.717) is 98.1 Å². The number of aliphatic hydroxyl groups excluding tert-OH is 1. The summed E-state index contributed by atoms with van der Waals surface area (Å²) in [5.41, 5.74) is 0.527. The smallest absolute Gasteiger partial charge is 0.338 e. The molecule has 0 heterocycles. The normalized spacial score (nSPS) is 11.1. The minimum absolute atomic E-state index is 0.0237. The zero-order chi connectivity index (χ0) is 23.7. The predicted octanol–water partition coefficient (Wildman–Crippen LogP) is 0.952. The Morgan fingerprint density at radius 3 is 1.21 bits per heavy atom. The summed E-state index contributed by atoms with van der Waals surface area (Å²) in [6.45, 7) is 6.65. The summed E-state index contributed by atoms with van der Waals surface area (Å²) in [7, 11) is 0. The Balaban J connectivity index is 1.69. The van der Waals surface area contributed by atoms with Gasteiger partial charge < -0.3 is 43.0 Å². The van der Waals surface area contributed by atoms with Crippen molar-refractivity contribution in [1.82, 2.24) is 0 Å². The molecule has 1 N–H and O–H groups in total. The fraction of sp³-hybridized carbons (Fsp3) is 0.696. The van der Waals surface area contributed by atoms with Gasteiger partial charge in [-0.25, -0.2) is 4.79 Å². The predicted molar refractivity (Wildman–Crippen MR) is 120 cm³/mol. The molecule has 0 amide bonds. The molecule has 0 spiro atoms. The Morgan fingerprint density at radius 1 is 0.515 bits per heavy atom. The average Bonchev–Trinajstić information content (AvgIpc) is 2.85. The maximum atomic E-state index is 11.7. The lowest BCUT2D eigenvalue weighted by Gasteiger charge is -2.08. The lowest BCUT2D eigenvalue weighted by atomic mass is 10.2. The minimum atomic E-state index is -0.355. The van der Waals surface area contributed by atoms with Crippen LogP contribution in [0.4, 0.5) is 0 Å². The first-order chi connectivity index (χ1) is 16.3. The van der Waals surface area contributed by atoms with Crippen LogP contribution < -0.4 is 0 Å². The molecule has 1 aromatic carbocycles. The van der Waals surface area contributed by atoms with Crippen molar-refractivity contribution in [2.24, 2.45) is 0 Å². The van der Waals surface area contributed by atoms with Crippen LogP contribution in [0.1, 0.15) is 10.4 Å². The minimum Gasteiger partial charge on any atom is -0.460 e. The second-order valence-electron chi connectivity index (χ2n) is 6.51. The van der Waals surface area contributed by atoms with Crippen LogP contribution in [0.2, 0.25) is 0 Å². The molecule has 33 heavy (non-hydrogen) atoms. The summed E-state index contributed by atoms with van der Waals surface area (Å²) < 4.78 is 42.4. The molecule has 190 valence electrons. The summed E-state index contributed by atoms with van der Waals surface area (Å²) in [5, 5.41) is 8.54. The van der Waals surface area contributed by atoms with Crippen molar-refractivity contribution < 1.29 is 47.8 Å². The van der Waals surface area contributed by atoms with Gasteiger partial charge in [0.1, 0.15) is 6.61 Å². The third-order valence-electron chi connectivity index (χ3n) is 3.94. The third-order valence-corrected chi connectivity index (χ3v) is 3.94. The molecular formula is C23H38O10. The summed E-state index contributed by atoms with van der Waals surface area (Å²) in [6, 6.07) is 8.84. The van der Waals surface area contributed by atoms with Gasteiger partial charge >= 0.3 is 5.97 Å². The van der Waals surface area contributed by atoms with Crippen LogP contribution in [0.3, 0.4) is 0 Å². The number of ether oxygens (including phenoxy) is 8. The molecule has 0 bridgehead atoms. The number of aliphatic hydroxyl groups is 1. The van der Waals surface area contributed by atoms with Gasteiger partial charge in [0.15, 0.2) is 0 Å². The maximum absolute atomic E-state index is 11.7.